The van der Waals surface area contributed by atoms with Gasteiger partial charge in [-0.05, 0) is 167 Å². The highest BCUT2D eigenvalue weighted by molar-refractivity contribution is 7.47. The summed E-state index contributed by atoms with van der Waals surface area (Å²) in [4.78, 5) is 73.1. The van der Waals surface area contributed by atoms with E-state index in [1.807, 2.05) is 0 Å². The third-order valence-corrected chi connectivity index (χ3v) is 18.0. The second-order valence-electron chi connectivity index (χ2n) is 26.2. The van der Waals surface area contributed by atoms with Crippen molar-refractivity contribution in [2.45, 2.75) is 316 Å². The Morgan fingerprint density at radius 3 is 0.755 bits per heavy atom. The first-order chi connectivity index (χ1) is 51.7. The SMILES string of the molecule is CC/C=C\C/C=C\C/C=C\C/C=C\CCCCCCCCC(=O)OCC(COP(=O)(O)OCC(O)COP(=O)(O)OCC(COC(=O)CCCCCC/C=C\C/C=C\C/C=C\C/C=C\CC)OC(=O)CCCCCCC/C=C\C/C=C\CCC)OC(=O)CCCCCC/C=C\C/C=C\C/C=C\C/C=C\CC. The van der Waals surface area contributed by atoms with Crippen LogP contribution in [-0.4, -0.2) is 96.7 Å². The third-order valence-electron chi connectivity index (χ3n) is 16.1. The zero-order chi connectivity index (χ0) is 77.4. The number of carbonyl (C=O) groups excluding carboxylic acids is 4. The number of hydrogen-bond donors (Lipinski definition) is 3. The maximum atomic E-state index is 13.1. The van der Waals surface area contributed by atoms with Crippen molar-refractivity contribution in [2.24, 2.45) is 0 Å². The summed E-state index contributed by atoms with van der Waals surface area (Å²) in [6.45, 7) is 4.37. The number of carbonyl (C=O) groups is 4. The maximum Gasteiger partial charge on any atom is 0.472 e. The van der Waals surface area contributed by atoms with Gasteiger partial charge < -0.3 is 33.8 Å². The van der Waals surface area contributed by atoms with Crippen LogP contribution in [0, 0.1) is 0 Å². The van der Waals surface area contributed by atoms with Crippen LogP contribution in [0.3, 0.4) is 0 Å². The van der Waals surface area contributed by atoms with E-state index in [1.165, 1.54) is 0 Å². The van der Waals surface area contributed by atoms with Crippen LogP contribution in [0.15, 0.2) is 170 Å². The van der Waals surface area contributed by atoms with Gasteiger partial charge in [-0.25, -0.2) is 9.13 Å². The summed E-state index contributed by atoms with van der Waals surface area (Å²) >= 11 is 0. The quantitative estimate of drug-likeness (QED) is 0.0169. The van der Waals surface area contributed by atoms with Gasteiger partial charge in [-0.1, -0.05) is 275 Å². The first kappa shape index (κ1) is 100. The summed E-state index contributed by atoms with van der Waals surface area (Å²) in [5, 5.41) is 10.7. The molecule has 17 nitrogen and oxygen atoms in total. The summed E-state index contributed by atoms with van der Waals surface area (Å²) in [7, 11) is -10.00. The second-order valence-corrected chi connectivity index (χ2v) is 29.1. The lowest BCUT2D eigenvalue weighted by atomic mass is 10.1. The molecule has 0 heterocycles. The lowest BCUT2D eigenvalue weighted by molar-refractivity contribution is -0.161. The second kappa shape index (κ2) is 77.6. The highest BCUT2D eigenvalue weighted by Crippen LogP contribution is 2.45. The van der Waals surface area contributed by atoms with Crippen LogP contribution in [0.4, 0.5) is 0 Å². The number of ether oxygens (including phenoxy) is 4. The maximum absolute atomic E-state index is 13.1. The Bertz CT molecular complexity index is 2680. The lowest BCUT2D eigenvalue weighted by Crippen LogP contribution is -2.30. The summed E-state index contributed by atoms with van der Waals surface area (Å²) in [6.07, 6.45) is 91.8. The van der Waals surface area contributed by atoms with E-state index in [2.05, 4.69) is 198 Å². The van der Waals surface area contributed by atoms with Gasteiger partial charge in [0.05, 0.1) is 26.4 Å². The number of unbranched alkanes of at least 4 members (excludes halogenated alkanes) is 20. The molecule has 0 aliphatic carbocycles. The molecule has 0 aliphatic rings. The van der Waals surface area contributed by atoms with E-state index < -0.39 is 97.5 Å². The minimum absolute atomic E-state index is 0.0568. The van der Waals surface area contributed by atoms with Gasteiger partial charge in [0.25, 0.3) is 0 Å². The average molecular weight is 1520 g/mol. The van der Waals surface area contributed by atoms with Crippen LogP contribution in [0.5, 0.6) is 0 Å². The van der Waals surface area contributed by atoms with Gasteiger partial charge in [-0.15, -0.1) is 0 Å². The number of rotatable bonds is 74. The molecule has 0 aromatic carbocycles. The molecule has 0 aromatic heterocycles. The topological polar surface area (TPSA) is 237 Å². The van der Waals surface area contributed by atoms with Crippen LogP contribution in [0.25, 0.3) is 0 Å². The van der Waals surface area contributed by atoms with Gasteiger partial charge in [0, 0.05) is 25.7 Å². The van der Waals surface area contributed by atoms with Crippen molar-refractivity contribution in [3.8, 4) is 0 Å². The number of aliphatic hydroxyl groups excluding tert-OH is 1. The summed E-state index contributed by atoms with van der Waals surface area (Å²) in [6, 6.07) is 0. The van der Waals surface area contributed by atoms with E-state index in [0.29, 0.717) is 25.7 Å². The molecule has 106 heavy (non-hydrogen) atoms. The van der Waals surface area contributed by atoms with Crippen LogP contribution < -0.4 is 0 Å². The Balaban J connectivity index is 5.44. The Kier molecular flexibility index (Phi) is 73.5. The number of phosphoric acid groups is 2. The average Bonchev–Trinajstić information content (AvgIpc) is 0.907. The summed E-state index contributed by atoms with van der Waals surface area (Å²) in [5.41, 5.74) is 0. The van der Waals surface area contributed by atoms with Gasteiger partial charge in [-0.3, -0.25) is 37.3 Å². The predicted molar refractivity (Wildman–Crippen MR) is 436 cm³/mol. The molecular weight excluding hydrogens is 1380 g/mol. The van der Waals surface area contributed by atoms with Crippen LogP contribution in [-0.2, 0) is 65.4 Å². The summed E-state index contributed by atoms with van der Waals surface area (Å²) in [5.74, 6) is -2.27. The van der Waals surface area contributed by atoms with Crippen molar-refractivity contribution in [2.75, 3.05) is 39.6 Å². The van der Waals surface area contributed by atoms with E-state index in [4.69, 9.17) is 37.0 Å². The zero-order valence-corrected chi connectivity index (χ0v) is 67.6. The lowest BCUT2D eigenvalue weighted by Gasteiger charge is -2.21. The molecule has 5 unspecified atom stereocenters. The predicted octanol–water partition coefficient (Wildman–Crippen LogP) is 23.8. The smallest absolute Gasteiger partial charge is 0.462 e. The minimum atomic E-state index is -5.00. The van der Waals surface area contributed by atoms with Gasteiger partial charge in [0.1, 0.15) is 19.3 Å². The zero-order valence-electron chi connectivity index (χ0n) is 65.8. The molecule has 602 valence electrons. The Morgan fingerprint density at radius 2 is 0.491 bits per heavy atom. The van der Waals surface area contributed by atoms with E-state index in [9.17, 15) is 43.2 Å². The normalized spacial score (nSPS) is 14.7. The number of hydrogen-bond acceptors (Lipinski definition) is 15. The highest BCUT2D eigenvalue weighted by Gasteiger charge is 2.30. The molecule has 0 rings (SSSR count). The number of allylic oxidation sites excluding steroid dienone is 28. The Labute approximate surface area is 642 Å². The van der Waals surface area contributed by atoms with Crippen molar-refractivity contribution >= 4 is 39.5 Å². The number of esters is 4. The Hall–Kier alpha value is -5.58. The molecule has 0 saturated heterocycles. The molecule has 19 heteroatoms. The van der Waals surface area contributed by atoms with E-state index in [0.717, 1.165) is 218 Å². The molecule has 0 radical (unpaired) electrons. The molecule has 0 saturated carbocycles. The fraction of sp³-hybridized carbons (Fsp3) is 0.632. The van der Waals surface area contributed by atoms with Crippen molar-refractivity contribution in [1.82, 2.24) is 0 Å². The largest absolute Gasteiger partial charge is 0.472 e. The van der Waals surface area contributed by atoms with Crippen LogP contribution in [0.1, 0.15) is 297 Å². The molecule has 5 atom stereocenters. The number of aliphatic hydroxyl groups is 1. The molecule has 0 amide bonds. The van der Waals surface area contributed by atoms with E-state index in [-0.39, 0.29) is 25.7 Å². The van der Waals surface area contributed by atoms with E-state index in [1.54, 1.807) is 0 Å². The first-order valence-corrected chi connectivity index (χ1v) is 43.4. The number of phosphoric ester groups is 2. The molecule has 0 spiro atoms. The molecular formula is C87H142O17P2. The third kappa shape index (κ3) is 76.6. The standard InChI is InChI=1S/C87H142O17P2/c1-5-9-13-17-21-25-29-33-36-39-40-43-45-49-52-56-60-64-68-72-85(90)98-78-83(104-87(92)74-70-66-62-58-54-50-46-42-38-35-31-27-23-19-15-11-7-3)80-102-106(95,96)100-76-81(88)75-99-105(93,94)101-79-82(103-86(91)73-69-65-61-57-53-47-32-28-24-20-16-12-8-4)77-97-84(89)71-67-63-59-55-51-48-44-41-37-34-30-26-22-18-14-10-6-2/h9-11,13-16,20-23,25-28,32-38,40,43-44,46,48,50,81-83,88H,5-8,12,17-19,24,29-31,39,41-42,45,47,49,51-80H2,1-4H3,(H,93,94)(H,95,96)/b13-9-,14-10-,15-11-,20-16-,25-21-,26-22-,27-23-,32-28-,36-33-,37-34-,38-35-,43-40-,48-44-,50-46-. The highest BCUT2D eigenvalue weighted by atomic mass is 31.2. The Morgan fingerprint density at radius 1 is 0.274 bits per heavy atom. The van der Waals surface area contributed by atoms with Gasteiger partial charge in [0.15, 0.2) is 12.2 Å². The van der Waals surface area contributed by atoms with Crippen LogP contribution in [0.2, 0.25) is 0 Å². The fourth-order valence-electron chi connectivity index (χ4n) is 10.1. The van der Waals surface area contributed by atoms with Crippen molar-refractivity contribution < 1.29 is 80.2 Å². The monoisotopic (exact) mass is 1520 g/mol. The van der Waals surface area contributed by atoms with Gasteiger partial charge in [-0.2, -0.15) is 0 Å². The molecule has 3 N–H and O–H groups in total. The van der Waals surface area contributed by atoms with E-state index >= 15 is 0 Å². The van der Waals surface area contributed by atoms with Gasteiger partial charge in [0.2, 0.25) is 0 Å². The minimum Gasteiger partial charge on any atom is -0.462 e. The molecule has 0 aliphatic heterocycles. The van der Waals surface area contributed by atoms with Crippen LogP contribution >= 0.6 is 15.6 Å². The first-order valence-electron chi connectivity index (χ1n) is 40.4. The molecule has 0 bridgehead atoms. The van der Waals surface area contributed by atoms with Crippen molar-refractivity contribution in [3.05, 3.63) is 170 Å². The van der Waals surface area contributed by atoms with Crippen molar-refractivity contribution in [1.29, 1.82) is 0 Å². The molecule has 0 aromatic rings. The fourth-order valence-corrected chi connectivity index (χ4v) is 11.7. The summed E-state index contributed by atoms with van der Waals surface area (Å²) < 4.78 is 68.6. The molecule has 0 fully saturated rings. The van der Waals surface area contributed by atoms with Gasteiger partial charge >= 0.3 is 39.5 Å². The van der Waals surface area contributed by atoms with Crippen molar-refractivity contribution in [3.63, 3.8) is 0 Å².